The summed E-state index contributed by atoms with van der Waals surface area (Å²) in [5, 5.41) is 6.64. The van der Waals surface area contributed by atoms with E-state index in [1.54, 1.807) is 11.6 Å². The summed E-state index contributed by atoms with van der Waals surface area (Å²) in [6, 6.07) is 0. The van der Waals surface area contributed by atoms with Crippen LogP contribution in [0.4, 0.5) is 13.2 Å². The van der Waals surface area contributed by atoms with Gasteiger partial charge in [0.25, 0.3) is 0 Å². The summed E-state index contributed by atoms with van der Waals surface area (Å²) in [6.07, 6.45) is -2.30. The lowest BCUT2D eigenvalue weighted by Gasteiger charge is -2.40. The van der Waals surface area contributed by atoms with Crippen molar-refractivity contribution in [2.24, 2.45) is 13.0 Å². The minimum absolute atomic E-state index is 0.0279. The molecule has 0 spiro atoms. The minimum atomic E-state index is -4.41. The fraction of sp³-hybridized carbons (Fsp3) is 0.765. The Labute approximate surface area is 140 Å². The van der Waals surface area contributed by atoms with Crippen molar-refractivity contribution in [1.82, 2.24) is 15.1 Å². The van der Waals surface area contributed by atoms with Crippen molar-refractivity contribution in [3.05, 3.63) is 17.0 Å². The maximum absolute atomic E-state index is 13.6. The molecule has 0 saturated heterocycles. The highest BCUT2D eigenvalue weighted by molar-refractivity contribution is 5.79. The molecule has 2 rings (SSSR count). The fourth-order valence-electron chi connectivity index (χ4n) is 3.51. The second kappa shape index (κ2) is 6.76. The van der Waals surface area contributed by atoms with Gasteiger partial charge in [-0.3, -0.25) is 9.48 Å². The fourth-order valence-corrected chi connectivity index (χ4v) is 3.51. The van der Waals surface area contributed by atoms with Crippen LogP contribution in [0, 0.1) is 19.8 Å². The van der Waals surface area contributed by atoms with E-state index in [0.717, 1.165) is 23.4 Å². The van der Waals surface area contributed by atoms with Gasteiger partial charge in [0.15, 0.2) is 0 Å². The van der Waals surface area contributed by atoms with Crippen LogP contribution in [0.25, 0.3) is 0 Å². The predicted molar refractivity (Wildman–Crippen MR) is 85.6 cm³/mol. The third kappa shape index (κ3) is 3.59. The van der Waals surface area contributed by atoms with Crippen molar-refractivity contribution in [2.45, 2.75) is 71.0 Å². The van der Waals surface area contributed by atoms with Gasteiger partial charge in [0, 0.05) is 18.7 Å². The number of nitrogens with one attached hydrogen (secondary N) is 1. The molecular weight excluding hydrogens is 319 g/mol. The van der Waals surface area contributed by atoms with Crippen LogP contribution in [0.3, 0.4) is 0 Å². The smallest absolute Gasteiger partial charge is 0.342 e. The number of aromatic nitrogens is 2. The Kier molecular flexibility index (Phi) is 5.30. The van der Waals surface area contributed by atoms with Crippen LogP contribution in [0.15, 0.2) is 0 Å². The molecule has 1 aliphatic rings. The molecule has 1 saturated carbocycles. The Morgan fingerprint density at radius 2 is 1.88 bits per heavy atom. The number of rotatable bonds is 4. The molecule has 1 aliphatic carbocycles. The number of alkyl halides is 3. The molecule has 0 aromatic carbocycles. The number of halogens is 3. The molecule has 24 heavy (non-hydrogen) atoms. The molecule has 1 fully saturated rings. The first kappa shape index (κ1) is 18.8. The van der Waals surface area contributed by atoms with Gasteiger partial charge in [-0.2, -0.15) is 18.3 Å². The van der Waals surface area contributed by atoms with Gasteiger partial charge in [-0.05, 0) is 38.7 Å². The minimum Gasteiger partial charge on any atom is -0.342 e. The van der Waals surface area contributed by atoms with Crippen LogP contribution < -0.4 is 5.32 Å². The van der Waals surface area contributed by atoms with Gasteiger partial charge >= 0.3 is 6.18 Å². The van der Waals surface area contributed by atoms with Gasteiger partial charge in [-0.1, -0.05) is 26.2 Å². The number of aryl methyl sites for hydroxylation is 2. The summed E-state index contributed by atoms with van der Waals surface area (Å²) in [4.78, 5) is 12.5. The lowest BCUT2D eigenvalue weighted by atomic mass is 9.80. The van der Waals surface area contributed by atoms with E-state index in [2.05, 4.69) is 10.4 Å². The highest BCUT2D eigenvalue weighted by atomic mass is 19.4. The normalized spacial score (nSPS) is 19.1. The van der Waals surface area contributed by atoms with Crippen LogP contribution in [-0.4, -0.2) is 27.4 Å². The SMILES string of the molecule is Cc1nn(C)c(C)c1C[C@@H](C)C(=O)NC1(C(F)(F)F)CCCCC1. The number of amides is 1. The summed E-state index contributed by atoms with van der Waals surface area (Å²) in [6.45, 7) is 5.43. The zero-order valence-corrected chi connectivity index (χ0v) is 14.8. The molecule has 1 aromatic heterocycles. The van der Waals surface area contributed by atoms with E-state index in [4.69, 9.17) is 0 Å². The standard InChI is InChI=1S/C17H26F3N3O/c1-11(10-14-12(2)22-23(4)13(14)3)15(24)21-16(17(18,19)20)8-6-5-7-9-16/h11H,5-10H2,1-4H3,(H,21,24)/t11-/m1/s1. The van der Waals surface area contributed by atoms with E-state index < -0.39 is 23.5 Å². The Morgan fingerprint density at radius 1 is 1.29 bits per heavy atom. The first-order valence-electron chi connectivity index (χ1n) is 8.45. The highest BCUT2D eigenvalue weighted by Gasteiger charge is 2.55. The van der Waals surface area contributed by atoms with Crippen LogP contribution in [-0.2, 0) is 18.3 Å². The van der Waals surface area contributed by atoms with E-state index in [9.17, 15) is 18.0 Å². The summed E-state index contributed by atoms with van der Waals surface area (Å²) in [7, 11) is 1.82. The maximum Gasteiger partial charge on any atom is 0.411 e. The topological polar surface area (TPSA) is 46.9 Å². The van der Waals surface area contributed by atoms with Crippen LogP contribution in [0.5, 0.6) is 0 Å². The molecule has 1 atom stereocenters. The largest absolute Gasteiger partial charge is 0.411 e. The van der Waals surface area contributed by atoms with Crippen LogP contribution >= 0.6 is 0 Å². The maximum atomic E-state index is 13.6. The van der Waals surface area contributed by atoms with Gasteiger partial charge in [0.1, 0.15) is 5.54 Å². The number of hydrogen-bond acceptors (Lipinski definition) is 2. The molecule has 4 nitrogen and oxygen atoms in total. The van der Waals surface area contributed by atoms with Crippen molar-refractivity contribution in [2.75, 3.05) is 0 Å². The van der Waals surface area contributed by atoms with Crippen molar-refractivity contribution in [3.63, 3.8) is 0 Å². The monoisotopic (exact) mass is 345 g/mol. The van der Waals surface area contributed by atoms with Gasteiger partial charge in [-0.25, -0.2) is 0 Å². The molecule has 1 N–H and O–H groups in total. The molecule has 0 bridgehead atoms. The van der Waals surface area contributed by atoms with E-state index in [-0.39, 0.29) is 12.8 Å². The second-order valence-electron chi connectivity index (χ2n) is 7.01. The molecule has 0 aliphatic heterocycles. The Morgan fingerprint density at radius 3 is 2.33 bits per heavy atom. The highest BCUT2D eigenvalue weighted by Crippen LogP contribution is 2.41. The Balaban J connectivity index is 2.12. The Bertz CT molecular complexity index is 601. The number of hydrogen-bond donors (Lipinski definition) is 1. The van der Waals surface area contributed by atoms with Crippen LogP contribution in [0.2, 0.25) is 0 Å². The molecule has 7 heteroatoms. The lowest BCUT2D eigenvalue weighted by molar-refractivity contribution is -0.207. The first-order valence-corrected chi connectivity index (χ1v) is 8.45. The van der Waals surface area contributed by atoms with Crippen molar-refractivity contribution >= 4 is 5.91 Å². The third-order valence-electron chi connectivity index (χ3n) is 5.23. The van der Waals surface area contributed by atoms with Gasteiger partial charge in [0.2, 0.25) is 5.91 Å². The molecule has 136 valence electrons. The average molecular weight is 345 g/mol. The van der Waals surface area contributed by atoms with Gasteiger partial charge in [-0.15, -0.1) is 0 Å². The zero-order chi connectivity index (χ0) is 18.1. The predicted octanol–water partition coefficient (Wildman–Crippen LogP) is 3.60. The van der Waals surface area contributed by atoms with Crippen LogP contribution in [0.1, 0.15) is 56.0 Å². The second-order valence-corrected chi connectivity index (χ2v) is 7.01. The van der Waals surface area contributed by atoms with E-state index in [1.165, 1.54) is 0 Å². The van der Waals surface area contributed by atoms with Crippen molar-refractivity contribution < 1.29 is 18.0 Å². The number of nitrogens with zero attached hydrogens (tertiary/aromatic N) is 2. The number of carbonyl (C=O) groups excluding carboxylic acids is 1. The molecule has 0 radical (unpaired) electrons. The lowest BCUT2D eigenvalue weighted by Crippen LogP contribution is -2.60. The van der Waals surface area contributed by atoms with Crippen molar-refractivity contribution in [1.29, 1.82) is 0 Å². The van der Waals surface area contributed by atoms with Gasteiger partial charge < -0.3 is 5.32 Å². The molecular formula is C17H26F3N3O. The quantitative estimate of drug-likeness (QED) is 0.906. The van der Waals surface area contributed by atoms with Gasteiger partial charge in [0.05, 0.1) is 5.69 Å². The van der Waals surface area contributed by atoms with E-state index >= 15 is 0 Å². The first-order chi connectivity index (χ1) is 11.1. The molecule has 1 heterocycles. The average Bonchev–Trinajstić information content (AvgIpc) is 2.73. The van der Waals surface area contributed by atoms with Crippen molar-refractivity contribution in [3.8, 4) is 0 Å². The summed E-state index contributed by atoms with van der Waals surface area (Å²) in [5.74, 6) is -1.07. The Hall–Kier alpha value is -1.53. The van der Waals surface area contributed by atoms with E-state index in [0.29, 0.717) is 19.3 Å². The molecule has 0 unspecified atom stereocenters. The molecule has 1 amide bonds. The summed E-state index contributed by atoms with van der Waals surface area (Å²) >= 11 is 0. The molecule has 1 aromatic rings. The number of carbonyl (C=O) groups is 1. The van der Waals surface area contributed by atoms with E-state index in [1.807, 2.05) is 20.9 Å². The summed E-state index contributed by atoms with van der Waals surface area (Å²) in [5.41, 5.74) is 0.633. The zero-order valence-electron chi connectivity index (χ0n) is 14.8. The summed E-state index contributed by atoms with van der Waals surface area (Å²) < 4.78 is 42.4. The third-order valence-corrected chi connectivity index (χ3v) is 5.23.